The second-order valence-corrected chi connectivity index (χ2v) is 8.43. The number of nitrogens with two attached hydrogens (primary N) is 1. The van der Waals surface area contributed by atoms with E-state index in [0.717, 1.165) is 23.3 Å². The Labute approximate surface area is 176 Å². The number of nitrogen functional groups attached to an aromatic ring is 1. The van der Waals surface area contributed by atoms with Crippen molar-refractivity contribution in [1.29, 1.82) is 0 Å². The average Bonchev–Trinajstić information content (AvgIpc) is 2.66. The Morgan fingerprint density at radius 1 is 1.30 bits per heavy atom. The Kier molecular flexibility index (Phi) is 7.12. The van der Waals surface area contributed by atoms with Gasteiger partial charge in [-0.15, -0.1) is 0 Å². The maximum atomic E-state index is 12.9. The van der Waals surface area contributed by atoms with Gasteiger partial charge >= 0.3 is 5.69 Å². The highest BCUT2D eigenvalue weighted by Gasteiger charge is 2.26. The number of H-pyrrole nitrogens is 1. The molecule has 0 aliphatic carbocycles. The Morgan fingerprint density at radius 3 is 2.57 bits per heavy atom. The number of likely N-dealkylation sites (N-methyl/N-ethyl adjacent to an activating group) is 1. The lowest BCUT2D eigenvalue weighted by molar-refractivity contribution is -0.124. The molecule has 1 aromatic carbocycles. The fourth-order valence-corrected chi connectivity index (χ4v) is 3.11. The summed E-state index contributed by atoms with van der Waals surface area (Å²) in [6, 6.07) is 7.56. The van der Waals surface area contributed by atoms with Gasteiger partial charge in [0.25, 0.3) is 11.5 Å². The van der Waals surface area contributed by atoms with Crippen LogP contribution in [0.3, 0.4) is 0 Å². The highest BCUT2D eigenvalue weighted by Crippen LogP contribution is 2.26. The van der Waals surface area contributed by atoms with E-state index in [9.17, 15) is 14.4 Å². The molecule has 2 aromatic rings. The van der Waals surface area contributed by atoms with E-state index in [2.05, 4.69) is 25.8 Å². The summed E-state index contributed by atoms with van der Waals surface area (Å²) in [5.74, 6) is 0.0792. The number of nitrogens with zero attached hydrogens (tertiary/aromatic N) is 2. The number of rotatable bonds is 7. The minimum Gasteiger partial charge on any atom is -0.481 e. The first-order valence-corrected chi connectivity index (χ1v) is 10.1. The molecule has 0 fully saturated rings. The van der Waals surface area contributed by atoms with Crippen LogP contribution < -0.4 is 26.6 Å². The lowest BCUT2D eigenvalue weighted by Crippen LogP contribution is -2.43. The van der Waals surface area contributed by atoms with Crippen LogP contribution in [0, 0.1) is 0 Å². The molecule has 8 nitrogen and oxygen atoms in total. The third-order valence-electron chi connectivity index (χ3n) is 4.98. The van der Waals surface area contributed by atoms with Crippen LogP contribution in [-0.2, 0) is 16.8 Å². The molecule has 1 amide bonds. The minimum absolute atomic E-state index is 0.0324. The molecule has 30 heavy (non-hydrogen) atoms. The second kappa shape index (κ2) is 9.19. The molecule has 0 aliphatic heterocycles. The van der Waals surface area contributed by atoms with E-state index < -0.39 is 23.3 Å². The number of nitrogens with one attached hydrogen (secondary N) is 1. The molecule has 0 bridgehead atoms. The van der Waals surface area contributed by atoms with Crippen molar-refractivity contribution in [2.75, 3.05) is 17.7 Å². The summed E-state index contributed by atoms with van der Waals surface area (Å²) < 4.78 is 7.12. The van der Waals surface area contributed by atoms with Crippen molar-refractivity contribution in [3.8, 4) is 5.75 Å². The van der Waals surface area contributed by atoms with Crippen LogP contribution in [0.1, 0.15) is 53.0 Å². The summed E-state index contributed by atoms with van der Waals surface area (Å²) in [6.45, 7) is 10.2. The number of hydrogen-bond acceptors (Lipinski definition) is 5. The van der Waals surface area contributed by atoms with Gasteiger partial charge < -0.3 is 15.4 Å². The molecule has 1 atom stereocenters. The highest BCUT2D eigenvalue weighted by molar-refractivity contribution is 5.97. The Hall–Kier alpha value is -3.03. The summed E-state index contributed by atoms with van der Waals surface area (Å²) in [7, 11) is 1.45. The van der Waals surface area contributed by atoms with Crippen molar-refractivity contribution in [1.82, 2.24) is 9.55 Å². The zero-order valence-electron chi connectivity index (χ0n) is 18.6. The van der Waals surface area contributed by atoms with E-state index in [4.69, 9.17) is 10.5 Å². The smallest absolute Gasteiger partial charge is 0.330 e. The molecule has 0 saturated carbocycles. The molecular formula is C22H32N4O4. The fourth-order valence-electron chi connectivity index (χ4n) is 3.11. The number of anilines is 2. The summed E-state index contributed by atoms with van der Waals surface area (Å²) in [4.78, 5) is 40.8. The fraction of sp³-hybridized carbons (Fsp3) is 0.500. The first-order valence-electron chi connectivity index (χ1n) is 10.1. The van der Waals surface area contributed by atoms with Crippen molar-refractivity contribution in [2.45, 2.75) is 65.5 Å². The number of hydrogen-bond donors (Lipinski definition) is 2. The molecule has 2 rings (SSSR count). The summed E-state index contributed by atoms with van der Waals surface area (Å²) in [5, 5.41) is 0. The van der Waals surface area contributed by atoms with Crippen LogP contribution in [0.2, 0.25) is 0 Å². The highest BCUT2D eigenvalue weighted by atomic mass is 16.5. The first kappa shape index (κ1) is 23.3. The summed E-state index contributed by atoms with van der Waals surface area (Å²) in [6.07, 6.45) is 0.713. The standard InChI is InChI=1S/C22H32N4O4/c1-7-8-12-26-18(23)17(19(27)24-21(26)29)25(6)20(28)14(2)30-16-11-9-10-15(13-16)22(3,4)5/h9-11,13-14H,7-8,12,23H2,1-6H3,(H,24,27,29). The molecule has 8 heteroatoms. The minimum atomic E-state index is -0.861. The third-order valence-corrected chi connectivity index (χ3v) is 4.98. The van der Waals surface area contributed by atoms with Gasteiger partial charge in [0.2, 0.25) is 0 Å². The van der Waals surface area contributed by atoms with Gasteiger partial charge in [-0.05, 0) is 36.5 Å². The van der Waals surface area contributed by atoms with Crippen LogP contribution in [0.15, 0.2) is 33.9 Å². The largest absolute Gasteiger partial charge is 0.481 e. The number of unbranched alkanes of at least 4 members (excludes halogenated alkanes) is 1. The first-order chi connectivity index (χ1) is 14.0. The quantitative estimate of drug-likeness (QED) is 0.721. The number of ether oxygens (including phenoxy) is 1. The van der Waals surface area contributed by atoms with Gasteiger partial charge in [0.05, 0.1) is 0 Å². The Morgan fingerprint density at radius 2 is 1.97 bits per heavy atom. The van der Waals surface area contributed by atoms with Crippen LogP contribution in [0.5, 0.6) is 5.75 Å². The SMILES string of the molecule is CCCCn1c(N)c(N(C)C(=O)C(C)Oc2cccc(C(C)(C)C)c2)c(=O)[nH]c1=O. The molecule has 0 saturated heterocycles. The Bertz CT molecular complexity index is 1020. The van der Waals surface area contributed by atoms with Gasteiger partial charge in [-0.3, -0.25) is 19.1 Å². The number of aromatic amines is 1. The number of amides is 1. The molecule has 0 spiro atoms. The van der Waals surface area contributed by atoms with E-state index in [1.54, 1.807) is 13.0 Å². The Balaban J connectivity index is 2.29. The van der Waals surface area contributed by atoms with E-state index in [1.165, 1.54) is 11.6 Å². The number of benzene rings is 1. The molecule has 0 radical (unpaired) electrons. The zero-order valence-corrected chi connectivity index (χ0v) is 18.6. The van der Waals surface area contributed by atoms with Gasteiger partial charge in [-0.25, -0.2) is 4.79 Å². The monoisotopic (exact) mass is 416 g/mol. The van der Waals surface area contributed by atoms with Crippen molar-refractivity contribution in [2.24, 2.45) is 0 Å². The van der Waals surface area contributed by atoms with Gasteiger partial charge in [0.15, 0.2) is 11.8 Å². The molecular weight excluding hydrogens is 384 g/mol. The van der Waals surface area contributed by atoms with Crippen LogP contribution >= 0.6 is 0 Å². The van der Waals surface area contributed by atoms with Crippen LogP contribution in [0.4, 0.5) is 11.5 Å². The predicted octanol–water partition coefficient (Wildman–Crippen LogP) is 2.65. The number of carbonyl (C=O) groups is 1. The third kappa shape index (κ3) is 5.11. The van der Waals surface area contributed by atoms with E-state index in [-0.39, 0.29) is 16.9 Å². The number of carbonyl (C=O) groups excluding carboxylic acids is 1. The van der Waals surface area contributed by atoms with Gasteiger partial charge in [-0.1, -0.05) is 46.2 Å². The maximum Gasteiger partial charge on any atom is 0.330 e. The van der Waals surface area contributed by atoms with Gasteiger partial charge in [0.1, 0.15) is 11.6 Å². The molecule has 1 unspecified atom stereocenters. The van der Waals surface area contributed by atoms with Crippen LogP contribution in [-0.4, -0.2) is 28.6 Å². The van der Waals surface area contributed by atoms with Crippen LogP contribution in [0.25, 0.3) is 0 Å². The molecule has 3 N–H and O–H groups in total. The van der Waals surface area contributed by atoms with Crippen molar-refractivity contribution < 1.29 is 9.53 Å². The molecule has 0 aliphatic rings. The molecule has 1 heterocycles. The predicted molar refractivity (Wildman–Crippen MR) is 119 cm³/mol. The van der Waals surface area contributed by atoms with Crippen molar-refractivity contribution >= 4 is 17.4 Å². The molecule has 1 aromatic heterocycles. The second-order valence-electron chi connectivity index (χ2n) is 8.43. The normalized spacial score (nSPS) is 12.5. The van der Waals surface area contributed by atoms with E-state index >= 15 is 0 Å². The van der Waals surface area contributed by atoms with Gasteiger partial charge in [-0.2, -0.15) is 0 Å². The van der Waals surface area contributed by atoms with Gasteiger partial charge in [0, 0.05) is 13.6 Å². The van der Waals surface area contributed by atoms with E-state index in [0.29, 0.717) is 12.3 Å². The summed E-state index contributed by atoms with van der Waals surface area (Å²) >= 11 is 0. The molecule has 164 valence electrons. The average molecular weight is 417 g/mol. The topological polar surface area (TPSA) is 110 Å². The lowest BCUT2D eigenvalue weighted by atomic mass is 9.87. The van der Waals surface area contributed by atoms with Crippen molar-refractivity contribution in [3.63, 3.8) is 0 Å². The zero-order chi connectivity index (χ0) is 22.6. The summed E-state index contributed by atoms with van der Waals surface area (Å²) in [5.41, 5.74) is 5.76. The van der Waals surface area contributed by atoms with Crippen molar-refractivity contribution in [3.05, 3.63) is 50.7 Å². The van der Waals surface area contributed by atoms with E-state index in [1.807, 2.05) is 25.1 Å². The number of aromatic nitrogens is 2. The lowest BCUT2D eigenvalue weighted by Gasteiger charge is -2.24. The maximum absolute atomic E-state index is 12.9.